The molecule has 6 nitrogen and oxygen atoms in total. The van der Waals surface area contributed by atoms with E-state index >= 15 is 0 Å². The summed E-state index contributed by atoms with van der Waals surface area (Å²) in [5.74, 6) is -0.289. The van der Waals surface area contributed by atoms with Crippen molar-refractivity contribution in [1.29, 1.82) is 0 Å². The average molecular weight is 284 g/mol. The second-order valence-corrected chi connectivity index (χ2v) is 4.11. The highest BCUT2D eigenvalue weighted by molar-refractivity contribution is 9.10. The fourth-order valence-corrected chi connectivity index (χ4v) is 1.91. The molecule has 16 heavy (non-hydrogen) atoms. The summed E-state index contributed by atoms with van der Waals surface area (Å²) in [6.07, 6.45) is 1.32. The Labute approximate surface area is 98.1 Å². The monoisotopic (exact) mass is 283 g/mol. The van der Waals surface area contributed by atoms with Crippen LogP contribution in [0.2, 0.25) is 0 Å². The first-order valence-electron chi connectivity index (χ1n) is 4.33. The number of carbonyl (C=O) groups excluding carboxylic acids is 1. The molecular weight excluding hydrogens is 278 g/mol. The fourth-order valence-electron chi connectivity index (χ4n) is 1.48. The van der Waals surface area contributed by atoms with Crippen molar-refractivity contribution in [1.82, 2.24) is 9.78 Å². The van der Waals surface area contributed by atoms with Gasteiger partial charge in [0.15, 0.2) is 0 Å². The molecule has 0 radical (unpaired) electrons. The Hall–Kier alpha value is -1.76. The normalized spacial score (nSPS) is 10.6. The molecule has 0 unspecified atom stereocenters. The third-order valence-corrected chi connectivity index (χ3v) is 2.58. The first-order valence-corrected chi connectivity index (χ1v) is 5.12. The van der Waals surface area contributed by atoms with Crippen molar-refractivity contribution < 1.29 is 9.72 Å². The predicted octanol–water partition coefficient (Wildman–Crippen LogP) is 2.37. The number of aromatic nitrogens is 2. The average Bonchev–Trinajstić information content (AvgIpc) is 2.59. The lowest BCUT2D eigenvalue weighted by molar-refractivity contribution is -0.383. The Bertz CT molecular complexity index is 605. The molecule has 1 heterocycles. The number of benzene rings is 1. The zero-order valence-electron chi connectivity index (χ0n) is 8.18. The van der Waals surface area contributed by atoms with Crippen LogP contribution in [0, 0.1) is 10.1 Å². The van der Waals surface area contributed by atoms with Crippen molar-refractivity contribution in [3.8, 4) is 0 Å². The van der Waals surface area contributed by atoms with Gasteiger partial charge in [0.2, 0.25) is 5.91 Å². The van der Waals surface area contributed by atoms with Gasteiger partial charge < -0.3 is 0 Å². The molecule has 82 valence electrons. The van der Waals surface area contributed by atoms with Crippen LogP contribution in [-0.4, -0.2) is 20.6 Å². The third-order valence-electron chi connectivity index (χ3n) is 2.13. The first-order chi connectivity index (χ1) is 7.50. The molecule has 0 aliphatic rings. The van der Waals surface area contributed by atoms with E-state index in [1.165, 1.54) is 19.2 Å². The predicted molar refractivity (Wildman–Crippen MR) is 60.4 cm³/mol. The van der Waals surface area contributed by atoms with Crippen LogP contribution in [0.4, 0.5) is 5.69 Å². The van der Waals surface area contributed by atoms with Crippen LogP contribution >= 0.6 is 15.9 Å². The van der Waals surface area contributed by atoms with E-state index in [1.54, 1.807) is 6.07 Å². The minimum absolute atomic E-state index is 0.0723. The lowest BCUT2D eigenvalue weighted by Crippen LogP contribution is -2.06. The van der Waals surface area contributed by atoms with E-state index in [4.69, 9.17) is 0 Å². The molecule has 0 fully saturated rings. The molecule has 0 aliphatic heterocycles. The van der Waals surface area contributed by atoms with E-state index in [1.807, 2.05) is 0 Å². The smallest absolute Gasteiger partial charge is 0.273 e. The van der Waals surface area contributed by atoms with E-state index in [0.717, 1.165) is 4.68 Å². The van der Waals surface area contributed by atoms with Crippen LogP contribution < -0.4 is 0 Å². The number of hydrogen-bond donors (Lipinski definition) is 0. The molecule has 0 atom stereocenters. The van der Waals surface area contributed by atoms with E-state index < -0.39 is 4.92 Å². The standard InChI is InChI=1S/C9H6BrN3O3/c1-5(14)12-8-2-6(10)3-9(13(15)16)7(8)4-11-12/h2-4H,1H3. The minimum Gasteiger partial charge on any atom is -0.273 e. The summed E-state index contributed by atoms with van der Waals surface area (Å²) in [5, 5.41) is 15.0. The topological polar surface area (TPSA) is 78.0 Å². The highest BCUT2D eigenvalue weighted by Crippen LogP contribution is 2.29. The number of non-ortho nitro benzene ring substituents is 1. The largest absolute Gasteiger partial charge is 0.281 e. The molecular formula is C9H6BrN3O3. The van der Waals surface area contributed by atoms with E-state index in [0.29, 0.717) is 15.4 Å². The van der Waals surface area contributed by atoms with Gasteiger partial charge in [0.25, 0.3) is 5.69 Å². The Balaban J connectivity index is 2.86. The quantitative estimate of drug-likeness (QED) is 0.595. The highest BCUT2D eigenvalue weighted by Gasteiger charge is 2.18. The number of nitrogens with zero attached hydrogens (tertiary/aromatic N) is 3. The number of carbonyl (C=O) groups is 1. The Morgan fingerprint density at radius 3 is 2.81 bits per heavy atom. The lowest BCUT2D eigenvalue weighted by Gasteiger charge is -1.98. The summed E-state index contributed by atoms with van der Waals surface area (Å²) in [5.41, 5.74) is 0.352. The summed E-state index contributed by atoms with van der Waals surface area (Å²) in [6.45, 7) is 1.35. The summed E-state index contributed by atoms with van der Waals surface area (Å²) in [6, 6.07) is 3.01. The van der Waals surface area contributed by atoms with Crippen molar-refractivity contribution in [3.63, 3.8) is 0 Å². The van der Waals surface area contributed by atoms with Crippen molar-refractivity contribution >= 4 is 38.4 Å². The number of nitro benzene ring substituents is 1. The molecule has 7 heteroatoms. The maximum Gasteiger partial charge on any atom is 0.281 e. The highest BCUT2D eigenvalue weighted by atomic mass is 79.9. The molecule has 0 bridgehead atoms. The molecule has 2 rings (SSSR count). The Kier molecular flexibility index (Phi) is 2.47. The van der Waals surface area contributed by atoms with E-state index in [2.05, 4.69) is 21.0 Å². The SMILES string of the molecule is CC(=O)n1ncc2c([N+](=O)[O-])cc(Br)cc21. The molecule has 0 N–H and O–H groups in total. The van der Waals surface area contributed by atoms with Crippen LogP contribution in [0.5, 0.6) is 0 Å². The summed E-state index contributed by atoms with van der Waals surface area (Å²) in [7, 11) is 0. The van der Waals surface area contributed by atoms with Gasteiger partial charge in [-0.25, -0.2) is 4.68 Å². The van der Waals surface area contributed by atoms with Gasteiger partial charge in [0, 0.05) is 17.5 Å². The number of rotatable bonds is 1. The van der Waals surface area contributed by atoms with Gasteiger partial charge in [-0.05, 0) is 6.07 Å². The first kappa shape index (κ1) is 10.7. The van der Waals surface area contributed by atoms with Gasteiger partial charge in [0.05, 0.1) is 22.0 Å². The van der Waals surface area contributed by atoms with Crippen molar-refractivity contribution in [2.75, 3.05) is 0 Å². The number of fused-ring (bicyclic) bond motifs is 1. The van der Waals surface area contributed by atoms with Gasteiger partial charge in [-0.1, -0.05) is 15.9 Å². The van der Waals surface area contributed by atoms with Gasteiger partial charge >= 0.3 is 0 Å². The maximum absolute atomic E-state index is 11.2. The summed E-state index contributed by atoms with van der Waals surface area (Å²) in [4.78, 5) is 21.5. The van der Waals surface area contributed by atoms with Crippen LogP contribution in [0.25, 0.3) is 10.9 Å². The Morgan fingerprint density at radius 1 is 1.56 bits per heavy atom. The van der Waals surface area contributed by atoms with Gasteiger partial charge in [-0.2, -0.15) is 5.10 Å². The maximum atomic E-state index is 11.2. The third kappa shape index (κ3) is 1.58. The van der Waals surface area contributed by atoms with Crippen molar-refractivity contribution in [2.45, 2.75) is 6.92 Å². The van der Waals surface area contributed by atoms with Gasteiger partial charge in [-0.3, -0.25) is 14.9 Å². The summed E-state index contributed by atoms with van der Waals surface area (Å²) < 4.78 is 1.67. The van der Waals surface area contributed by atoms with Crippen LogP contribution in [0.15, 0.2) is 22.8 Å². The van der Waals surface area contributed by atoms with Crippen LogP contribution in [0.3, 0.4) is 0 Å². The zero-order chi connectivity index (χ0) is 11.9. The Morgan fingerprint density at radius 2 is 2.25 bits per heavy atom. The minimum atomic E-state index is -0.501. The molecule has 0 saturated carbocycles. The van der Waals surface area contributed by atoms with Crippen LogP contribution in [-0.2, 0) is 0 Å². The second kappa shape index (κ2) is 3.67. The van der Waals surface area contributed by atoms with Gasteiger partial charge in [0.1, 0.15) is 0 Å². The number of halogens is 1. The number of nitro groups is 1. The van der Waals surface area contributed by atoms with Gasteiger partial charge in [-0.15, -0.1) is 0 Å². The van der Waals surface area contributed by atoms with Crippen molar-refractivity contribution in [2.24, 2.45) is 0 Å². The molecule has 0 aliphatic carbocycles. The fraction of sp³-hybridized carbons (Fsp3) is 0.111. The van der Waals surface area contributed by atoms with Crippen LogP contribution in [0.1, 0.15) is 11.7 Å². The molecule has 0 spiro atoms. The zero-order valence-corrected chi connectivity index (χ0v) is 9.76. The molecule has 2 aromatic rings. The summed E-state index contributed by atoms with van der Waals surface area (Å²) >= 11 is 3.16. The van der Waals surface area contributed by atoms with E-state index in [-0.39, 0.29) is 11.6 Å². The molecule has 0 saturated heterocycles. The second-order valence-electron chi connectivity index (χ2n) is 3.19. The molecule has 1 aromatic heterocycles. The molecule has 0 amide bonds. The van der Waals surface area contributed by atoms with E-state index in [9.17, 15) is 14.9 Å². The van der Waals surface area contributed by atoms with Crippen molar-refractivity contribution in [3.05, 3.63) is 32.9 Å². The molecule has 1 aromatic carbocycles. The lowest BCUT2D eigenvalue weighted by atomic mass is 10.2. The number of hydrogen-bond acceptors (Lipinski definition) is 4.